The van der Waals surface area contributed by atoms with Gasteiger partial charge in [-0.2, -0.15) is 0 Å². The molecule has 6 nitrogen and oxygen atoms in total. The Hall–Kier alpha value is -2.32. The fourth-order valence-electron chi connectivity index (χ4n) is 4.21. The first-order chi connectivity index (χ1) is 13.8. The highest BCUT2D eigenvalue weighted by Crippen LogP contribution is 2.53. The van der Waals surface area contributed by atoms with Crippen LogP contribution in [0.1, 0.15) is 24.1 Å². The average Bonchev–Trinajstić information content (AvgIpc) is 2.67. The van der Waals surface area contributed by atoms with Gasteiger partial charge in [-0.1, -0.05) is 28.1 Å². The zero-order chi connectivity index (χ0) is 20.9. The number of aryl methyl sites for hydroxylation is 1. The van der Waals surface area contributed by atoms with Crippen molar-refractivity contribution in [1.82, 2.24) is 5.32 Å². The highest BCUT2D eigenvalue weighted by molar-refractivity contribution is 9.10. The van der Waals surface area contributed by atoms with E-state index in [9.17, 15) is 4.79 Å². The monoisotopic (exact) mass is 476 g/mol. The van der Waals surface area contributed by atoms with Gasteiger partial charge in [-0.15, -0.1) is 0 Å². The number of fused-ring (bicyclic) bond motifs is 4. The lowest BCUT2D eigenvalue weighted by Gasteiger charge is -2.55. The van der Waals surface area contributed by atoms with Crippen LogP contribution in [0.15, 0.2) is 40.9 Å². The maximum absolute atomic E-state index is 12.9. The quantitative estimate of drug-likeness (QED) is 0.528. The Balaban J connectivity index is 1.96. The summed E-state index contributed by atoms with van der Waals surface area (Å²) in [6, 6.07) is 11.2. The third-order valence-electron chi connectivity index (χ3n) is 5.46. The molecule has 0 radical (unpaired) electrons. The summed E-state index contributed by atoms with van der Waals surface area (Å²) in [6.07, 6.45) is 0. The van der Waals surface area contributed by atoms with Crippen LogP contribution in [-0.2, 0) is 9.53 Å². The Kier molecular flexibility index (Phi) is 4.94. The fourth-order valence-corrected chi connectivity index (χ4v) is 5.08. The average molecular weight is 477 g/mol. The van der Waals surface area contributed by atoms with E-state index in [1.165, 1.54) is 7.11 Å². The molecule has 1 saturated heterocycles. The number of benzene rings is 2. The predicted molar refractivity (Wildman–Crippen MR) is 117 cm³/mol. The van der Waals surface area contributed by atoms with E-state index >= 15 is 0 Å². The van der Waals surface area contributed by atoms with Crippen molar-refractivity contribution >= 4 is 44.9 Å². The van der Waals surface area contributed by atoms with Gasteiger partial charge in [0.25, 0.3) is 0 Å². The van der Waals surface area contributed by atoms with Gasteiger partial charge in [0.2, 0.25) is 5.72 Å². The minimum absolute atomic E-state index is 0.380. The number of hydrogen-bond donors (Lipinski definition) is 1. The van der Waals surface area contributed by atoms with Crippen molar-refractivity contribution in [2.24, 2.45) is 5.92 Å². The zero-order valence-electron chi connectivity index (χ0n) is 16.5. The number of rotatable bonds is 3. The molecule has 2 aromatic rings. The van der Waals surface area contributed by atoms with Crippen LogP contribution in [0.25, 0.3) is 0 Å². The summed E-state index contributed by atoms with van der Waals surface area (Å²) in [5, 5.41) is 3.82. The van der Waals surface area contributed by atoms with Gasteiger partial charge in [0.1, 0.15) is 5.92 Å². The molecular weight excluding hydrogens is 456 g/mol. The van der Waals surface area contributed by atoms with Crippen LogP contribution in [0.4, 0.5) is 5.69 Å². The number of methoxy groups -OCH3 is 2. The summed E-state index contributed by atoms with van der Waals surface area (Å²) in [7, 11) is 2.97. The summed E-state index contributed by atoms with van der Waals surface area (Å²) in [4.78, 5) is 14.8. The summed E-state index contributed by atoms with van der Waals surface area (Å²) in [6.45, 7) is 3.87. The zero-order valence-corrected chi connectivity index (χ0v) is 18.9. The van der Waals surface area contributed by atoms with E-state index in [1.54, 1.807) is 7.11 Å². The SMILES string of the molecule is COC(=O)C1C2NC(=S)N(c3cccc(C)c3)C1(C)Oc1c(OC)cc(Br)cc12. The molecule has 0 amide bonds. The molecule has 1 N–H and O–H groups in total. The van der Waals surface area contributed by atoms with Crippen LogP contribution in [0.5, 0.6) is 11.5 Å². The van der Waals surface area contributed by atoms with Gasteiger partial charge in [-0.3, -0.25) is 9.69 Å². The summed E-state index contributed by atoms with van der Waals surface area (Å²) in [5.41, 5.74) is 1.58. The van der Waals surface area contributed by atoms with Crippen molar-refractivity contribution < 1.29 is 19.0 Å². The highest BCUT2D eigenvalue weighted by atomic mass is 79.9. The van der Waals surface area contributed by atoms with Crippen LogP contribution in [0.3, 0.4) is 0 Å². The molecule has 2 aliphatic heterocycles. The standard InChI is InChI=1S/C21H21BrN2O4S/c1-11-6-5-7-13(8-11)24-20(29)23-17-14-9-12(22)10-15(26-3)18(14)28-21(24,2)16(17)19(25)27-4/h5-10,16-17H,1-4H3,(H,23,29). The molecule has 4 rings (SSSR count). The first-order valence-corrected chi connectivity index (χ1v) is 10.3. The maximum Gasteiger partial charge on any atom is 0.317 e. The molecule has 1 fully saturated rings. The van der Waals surface area contributed by atoms with Gasteiger partial charge >= 0.3 is 5.97 Å². The number of carbonyl (C=O) groups excluding carboxylic acids is 1. The highest BCUT2D eigenvalue weighted by Gasteiger charge is 2.60. The van der Waals surface area contributed by atoms with Crippen molar-refractivity contribution in [3.63, 3.8) is 0 Å². The third-order valence-corrected chi connectivity index (χ3v) is 6.22. The number of hydrogen-bond acceptors (Lipinski definition) is 5. The molecule has 2 heterocycles. The number of halogens is 1. The molecule has 2 aliphatic rings. The number of carbonyl (C=O) groups is 1. The summed E-state index contributed by atoms with van der Waals surface area (Å²) < 4.78 is 18.1. The smallest absolute Gasteiger partial charge is 0.317 e. The molecule has 29 heavy (non-hydrogen) atoms. The van der Waals surface area contributed by atoms with E-state index in [0.29, 0.717) is 16.6 Å². The Labute approximate surface area is 183 Å². The topological polar surface area (TPSA) is 60.0 Å². The lowest BCUT2D eigenvalue weighted by molar-refractivity contribution is -0.157. The number of esters is 1. The van der Waals surface area contributed by atoms with Gasteiger partial charge in [0.05, 0.1) is 20.3 Å². The van der Waals surface area contributed by atoms with Crippen LogP contribution < -0.4 is 19.7 Å². The van der Waals surface area contributed by atoms with E-state index in [1.807, 2.05) is 55.1 Å². The van der Waals surface area contributed by atoms with Crippen LogP contribution in [0.2, 0.25) is 0 Å². The van der Waals surface area contributed by atoms with Gasteiger partial charge < -0.3 is 19.5 Å². The molecule has 0 saturated carbocycles. The van der Waals surface area contributed by atoms with Gasteiger partial charge in [0.15, 0.2) is 16.6 Å². The number of nitrogens with zero attached hydrogens (tertiary/aromatic N) is 1. The van der Waals surface area contributed by atoms with E-state index in [0.717, 1.165) is 21.3 Å². The van der Waals surface area contributed by atoms with Gasteiger partial charge in [-0.05, 0) is 55.9 Å². The molecule has 3 atom stereocenters. The minimum Gasteiger partial charge on any atom is -0.493 e. The molecule has 2 bridgehead atoms. The van der Waals surface area contributed by atoms with Crippen molar-refractivity contribution in [2.75, 3.05) is 19.1 Å². The number of ether oxygens (including phenoxy) is 3. The second-order valence-electron chi connectivity index (χ2n) is 7.29. The molecule has 152 valence electrons. The van der Waals surface area contributed by atoms with Crippen molar-refractivity contribution in [1.29, 1.82) is 0 Å². The largest absolute Gasteiger partial charge is 0.493 e. The third kappa shape index (κ3) is 3.05. The second kappa shape index (κ2) is 7.18. The Bertz CT molecular complexity index is 1010. The molecule has 3 unspecified atom stereocenters. The fraction of sp³-hybridized carbons (Fsp3) is 0.333. The Morgan fingerprint density at radius 3 is 2.72 bits per heavy atom. The molecule has 8 heteroatoms. The Morgan fingerprint density at radius 2 is 2.07 bits per heavy atom. The number of thiocarbonyl (C=S) groups is 1. The molecular formula is C21H21BrN2O4S. The lowest BCUT2D eigenvalue weighted by Crippen LogP contribution is -2.71. The molecule has 2 aromatic carbocycles. The van der Waals surface area contributed by atoms with E-state index in [2.05, 4.69) is 21.2 Å². The first-order valence-electron chi connectivity index (χ1n) is 9.12. The molecule has 0 spiro atoms. The summed E-state index contributed by atoms with van der Waals surface area (Å²) in [5.74, 6) is 0.115. The van der Waals surface area contributed by atoms with E-state index in [4.69, 9.17) is 26.4 Å². The summed E-state index contributed by atoms with van der Waals surface area (Å²) >= 11 is 9.23. The van der Waals surface area contributed by atoms with Crippen LogP contribution in [-0.4, -0.2) is 31.0 Å². The van der Waals surface area contributed by atoms with E-state index in [-0.39, 0.29) is 5.97 Å². The minimum atomic E-state index is -1.11. The first kappa shape index (κ1) is 20.0. The van der Waals surface area contributed by atoms with Gasteiger partial charge in [-0.25, -0.2) is 0 Å². The van der Waals surface area contributed by atoms with Crippen molar-refractivity contribution in [2.45, 2.75) is 25.6 Å². The second-order valence-corrected chi connectivity index (χ2v) is 8.59. The number of nitrogens with one attached hydrogen (secondary N) is 1. The van der Waals surface area contributed by atoms with Crippen LogP contribution >= 0.6 is 28.1 Å². The molecule has 0 aliphatic carbocycles. The predicted octanol–water partition coefficient (Wildman–Crippen LogP) is 4.10. The molecule has 0 aromatic heterocycles. The van der Waals surface area contributed by atoms with Crippen molar-refractivity contribution in [3.8, 4) is 11.5 Å². The lowest BCUT2D eigenvalue weighted by atomic mass is 9.79. The number of anilines is 1. The van der Waals surface area contributed by atoms with Crippen molar-refractivity contribution in [3.05, 3.63) is 52.0 Å². The van der Waals surface area contributed by atoms with Gasteiger partial charge in [0, 0.05) is 15.7 Å². The normalized spacial score (nSPS) is 24.9. The van der Waals surface area contributed by atoms with E-state index < -0.39 is 17.7 Å². The maximum atomic E-state index is 12.9. The Morgan fingerprint density at radius 1 is 1.31 bits per heavy atom. The van der Waals surface area contributed by atoms with Crippen LogP contribution in [0, 0.1) is 12.8 Å².